The number of carbonyl (C=O) groups excluding carboxylic acids is 1. The first-order chi connectivity index (χ1) is 14.0. The van der Waals surface area contributed by atoms with Gasteiger partial charge in [-0.1, -0.05) is 0 Å². The van der Waals surface area contributed by atoms with Crippen molar-refractivity contribution in [3.63, 3.8) is 0 Å². The molecule has 3 N–H and O–H groups in total. The van der Waals surface area contributed by atoms with Crippen LogP contribution in [-0.4, -0.2) is 57.0 Å². The van der Waals surface area contributed by atoms with Crippen LogP contribution in [-0.2, 0) is 4.79 Å². The van der Waals surface area contributed by atoms with E-state index in [1.165, 1.54) is 12.8 Å². The highest BCUT2D eigenvalue weighted by Gasteiger charge is 2.37. The summed E-state index contributed by atoms with van der Waals surface area (Å²) in [5.74, 6) is -0.133. The van der Waals surface area contributed by atoms with Gasteiger partial charge in [-0.2, -0.15) is 5.10 Å². The second kappa shape index (κ2) is 8.24. The lowest BCUT2D eigenvalue weighted by Gasteiger charge is -2.42. The normalized spacial score (nSPS) is 20.9. The molecule has 8 heteroatoms. The predicted octanol–water partition coefficient (Wildman–Crippen LogP) is 2.63. The van der Waals surface area contributed by atoms with E-state index in [0.29, 0.717) is 11.6 Å². The summed E-state index contributed by atoms with van der Waals surface area (Å²) in [6.07, 6.45) is 5.89. The van der Waals surface area contributed by atoms with Crippen molar-refractivity contribution in [1.29, 1.82) is 0 Å². The fourth-order valence-corrected chi connectivity index (χ4v) is 3.76. The molecule has 8 nitrogen and oxygen atoms in total. The van der Waals surface area contributed by atoms with Gasteiger partial charge in [-0.3, -0.25) is 9.69 Å². The molecule has 29 heavy (non-hydrogen) atoms. The van der Waals surface area contributed by atoms with E-state index in [1.54, 1.807) is 4.68 Å². The molecule has 0 unspecified atom stereocenters. The summed E-state index contributed by atoms with van der Waals surface area (Å²) in [7, 11) is 0. The fourth-order valence-electron chi connectivity index (χ4n) is 3.76. The number of hydrogen-bond acceptors (Lipinski definition) is 4. The van der Waals surface area contributed by atoms with E-state index in [2.05, 4.69) is 20.6 Å². The van der Waals surface area contributed by atoms with Gasteiger partial charge in [0.05, 0.1) is 17.9 Å². The van der Waals surface area contributed by atoms with Gasteiger partial charge in [0.1, 0.15) is 0 Å². The van der Waals surface area contributed by atoms with Crippen molar-refractivity contribution in [2.45, 2.75) is 44.7 Å². The van der Waals surface area contributed by atoms with Crippen LogP contribution >= 0.6 is 0 Å². The van der Waals surface area contributed by atoms with Gasteiger partial charge in [0.15, 0.2) is 0 Å². The molecule has 2 aromatic rings. The molecule has 154 valence electrons. The molecule has 4 rings (SSSR count). The number of carbonyl (C=O) groups is 2. The van der Waals surface area contributed by atoms with Gasteiger partial charge >= 0.3 is 12.0 Å². The molecule has 1 heterocycles. The smallest absolute Gasteiger partial charge is 0.319 e. The van der Waals surface area contributed by atoms with Gasteiger partial charge in [0, 0.05) is 30.5 Å². The SMILES string of the molecule is Cc1ccn(-c2ccc(NC(=O)NC3CC(N(CC(=O)O)CC4CC4)C3)cc2)n1. The molecule has 1 aromatic heterocycles. The van der Waals surface area contributed by atoms with E-state index in [0.717, 1.165) is 30.8 Å². The van der Waals surface area contributed by atoms with Crippen LogP contribution in [0.3, 0.4) is 0 Å². The molecular weight excluding hydrogens is 370 g/mol. The molecule has 0 spiro atoms. The number of nitrogens with one attached hydrogen (secondary N) is 2. The van der Waals surface area contributed by atoms with E-state index in [4.69, 9.17) is 5.11 Å². The summed E-state index contributed by atoms with van der Waals surface area (Å²) in [5.41, 5.74) is 2.59. The molecule has 2 aliphatic rings. The second-order valence-electron chi connectivity index (χ2n) is 8.14. The van der Waals surface area contributed by atoms with E-state index in [1.807, 2.05) is 43.5 Å². The lowest BCUT2D eigenvalue weighted by atomic mass is 9.85. The minimum atomic E-state index is -0.784. The van der Waals surface area contributed by atoms with Crippen molar-refractivity contribution in [3.8, 4) is 5.69 Å². The molecule has 1 aromatic carbocycles. The summed E-state index contributed by atoms with van der Waals surface area (Å²) in [4.78, 5) is 25.4. The zero-order chi connectivity index (χ0) is 20.4. The van der Waals surface area contributed by atoms with Gasteiger partial charge in [-0.25, -0.2) is 9.48 Å². The van der Waals surface area contributed by atoms with Crippen molar-refractivity contribution in [2.24, 2.45) is 5.92 Å². The number of rotatable bonds is 8. The average molecular weight is 397 g/mol. The number of carboxylic acids is 1. The minimum absolute atomic E-state index is 0.0850. The van der Waals surface area contributed by atoms with Crippen LogP contribution in [0.15, 0.2) is 36.5 Å². The number of urea groups is 1. The van der Waals surface area contributed by atoms with E-state index >= 15 is 0 Å². The van der Waals surface area contributed by atoms with Crippen molar-refractivity contribution in [3.05, 3.63) is 42.2 Å². The number of aryl methyl sites for hydroxylation is 1. The van der Waals surface area contributed by atoms with Gasteiger partial charge in [-0.05, 0) is 68.9 Å². The monoisotopic (exact) mass is 397 g/mol. The van der Waals surface area contributed by atoms with Gasteiger partial charge in [-0.15, -0.1) is 0 Å². The van der Waals surface area contributed by atoms with Crippen molar-refractivity contribution in [2.75, 3.05) is 18.4 Å². The second-order valence-corrected chi connectivity index (χ2v) is 8.14. The molecule has 0 atom stereocenters. The molecule has 2 saturated carbocycles. The maximum Gasteiger partial charge on any atom is 0.319 e. The standard InChI is InChI=1S/C21H27N5O3/c1-14-8-9-26(24-14)18-6-4-16(5-7-18)22-21(29)23-17-10-19(11-17)25(13-20(27)28)12-15-2-3-15/h4-9,15,17,19H,2-3,10-13H2,1H3,(H,27,28)(H2,22,23,29). The number of carboxylic acid groups (broad SMARTS) is 1. The van der Waals surface area contributed by atoms with E-state index < -0.39 is 5.97 Å². The average Bonchev–Trinajstić information content (AvgIpc) is 3.35. The van der Waals surface area contributed by atoms with Crippen LogP contribution in [0.2, 0.25) is 0 Å². The zero-order valence-corrected chi connectivity index (χ0v) is 16.5. The van der Waals surface area contributed by atoms with Crippen molar-refractivity contribution in [1.82, 2.24) is 20.0 Å². The third kappa shape index (κ3) is 5.14. The first-order valence-corrected chi connectivity index (χ1v) is 10.1. The summed E-state index contributed by atoms with van der Waals surface area (Å²) >= 11 is 0. The molecule has 0 aliphatic heterocycles. The molecule has 0 radical (unpaired) electrons. The van der Waals surface area contributed by atoms with Crippen LogP contribution in [0, 0.1) is 12.8 Å². The number of aliphatic carboxylic acids is 1. The summed E-state index contributed by atoms with van der Waals surface area (Å²) in [6.45, 7) is 2.88. The Morgan fingerprint density at radius 1 is 1.21 bits per heavy atom. The Morgan fingerprint density at radius 3 is 2.52 bits per heavy atom. The quantitative estimate of drug-likeness (QED) is 0.636. The lowest BCUT2D eigenvalue weighted by Crippen LogP contribution is -2.55. The molecule has 2 aliphatic carbocycles. The Bertz CT molecular complexity index is 869. The van der Waals surface area contributed by atoms with Gasteiger partial charge in [0.2, 0.25) is 0 Å². The third-order valence-corrected chi connectivity index (χ3v) is 5.60. The first-order valence-electron chi connectivity index (χ1n) is 10.1. The van der Waals surface area contributed by atoms with Crippen LogP contribution in [0.5, 0.6) is 0 Å². The maximum absolute atomic E-state index is 12.3. The number of anilines is 1. The summed E-state index contributed by atoms with van der Waals surface area (Å²) in [6, 6.07) is 9.54. The zero-order valence-electron chi connectivity index (χ0n) is 16.5. The number of nitrogens with zero attached hydrogens (tertiary/aromatic N) is 3. The highest BCUT2D eigenvalue weighted by Crippen LogP contribution is 2.33. The largest absolute Gasteiger partial charge is 0.480 e. The van der Waals surface area contributed by atoms with E-state index in [9.17, 15) is 9.59 Å². The molecule has 0 saturated heterocycles. The van der Waals surface area contributed by atoms with Crippen LogP contribution in [0.25, 0.3) is 5.69 Å². The minimum Gasteiger partial charge on any atom is -0.480 e. The first kappa shape index (κ1) is 19.4. The highest BCUT2D eigenvalue weighted by atomic mass is 16.4. The van der Waals surface area contributed by atoms with Crippen molar-refractivity contribution < 1.29 is 14.7 Å². The molecule has 2 amide bonds. The maximum atomic E-state index is 12.3. The summed E-state index contributed by atoms with van der Waals surface area (Å²) in [5, 5.41) is 19.3. The number of aromatic nitrogens is 2. The number of benzene rings is 1. The number of amides is 2. The lowest BCUT2D eigenvalue weighted by molar-refractivity contribution is -0.139. The predicted molar refractivity (Wildman–Crippen MR) is 109 cm³/mol. The molecular formula is C21H27N5O3. The van der Waals surface area contributed by atoms with Crippen LogP contribution < -0.4 is 10.6 Å². The van der Waals surface area contributed by atoms with Crippen LogP contribution in [0.4, 0.5) is 10.5 Å². The van der Waals surface area contributed by atoms with Crippen molar-refractivity contribution >= 4 is 17.7 Å². The Hall–Kier alpha value is -2.87. The Morgan fingerprint density at radius 2 is 1.93 bits per heavy atom. The Balaban J connectivity index is 1.23. The topological polar surface area (TPSA) is 99.5 Å². The summed E-state index contributed by atoms with van der Waals surface area (Å²) < 4.78 is 1.79. The van der Waals surface area contributed by atoms with Gasteiger partial charge in [0.25, 0.3) is 0 Å². The van der Waals surface area contributed by atoms with E-state index in [-0.39, 0.29) is 24.7 Å². The van der Waals surface area contributed by atoms with Gasteiger partial charge < -0.3 is 15.7 Å². The highest BCUT2D eigenvalue weighted by molar-refractivity contribution is 5.89. The van der Waals surface area contributed by atoms with Crippen LogP contribution in [0.1, 0.15) is 31.4 Å². The fraction of sp³-hybridized carbons (Fsp3) is 0.476. The Labute approximate surface area is 169 Å². The number of hydrogen-bond donors (Lipinski definition) is 3. The third-order valence-electron chi connectivity index (χ3n) is 5.60. The Kier molecular flexibility index (Phi) is 5.53. The molecule has 2 fully saturated rings. The molecule has 0 bridgehead atoms.